The molecule has 1 saturated heterocycles. The molecule has 234 valence electrons. The van der Waals surface area contributed by atoms with Gasteiger partial charge in [0.25, 0.3) is 5.56 Å². The lowest BCUT2D eigenvalue weighted by molar-refractivity contribution is -0.181. The molecule has 1 spiro atoms. The lowest BCUT2D eigenvalue weighted by Gasteiger charge is -2.35. The van der Waals surface area contributed by atoms with Gasteiger partial charge in [0.05, 0.1) is 69.7 Å². The van der Waals surface area contributed by atoms with Crippen molar-refractivity contribution < 1.29 is 23.7 Å². The first-order valence-corrected chi connectivity index (χ1v) is 15.4. The van der Waals surface area contributed by atoms with E-state index in [1.54, 1.807) is 27.5 Å². The van der Waals surface area contributed by atoms with Crippen LogP contribution in [-0.4, -0.2) is 59.7 Å². The van der Waals surface area contributed by atoms with E-state index in [4.69, 9.17) is 28.8 Å². The van der Waals surface area contributed by atoms with Crippen molar-refractivity contribution >= 4 is 21.8 Å². The fraction of sp³-hybridized carbons (Fsp3) is 0.400. The van der Waals surface area contributed by atoms with E-state index in [9.17, 15) is 4.79 Å². The molecule has 2 aliphatic rings. The summed E-state index contributed by atoms with van der Waals surface area (Å²) in [4.78, 5) is 18.9. The van der Waals surface area contributed by atoms with Crippen LogP contribution in [0.4, 0.5) is 0 Å². The van der Waals surface area contributed by atoms with Crippen LogP contribution in [0.25, 0.3) is 32.9 Å². The molecule has 3 aromatic heterocycles. The van der Waals surface area contributed by atoms with Gasteiger partial charge in [-0.25, -0.2) is 4.98 Å². The third-order valence-electron chi connectivity index (χ3n) is 9.46. The highest BCUT2D eigenvalue weighted by Gasteiger charge is 2.41. The summed E-state index contributed by atoms with van der Waals surface area (Å²) < 4.78 is 32.6. The predicted molar refractivity (Wildman–Crippen MR) is 172 cm³/mol. The third kappa shape index (κ3) is 4.92. The Labute approximate surface area is 261 Å². The van der Waals surface area contributed by atoms with Gasteiger partial charge in [0, 0.05) is 41.6 Å². The van der Waals surface area contributed by atoms with Crippen molar-refractivity contribution in [2.75, 3.05) is 34.5 Å². The molecular formula is C35H38N4O6. The number of fused-ring (bicyclic) bond motifs is 3. The summed E-state index contributed by atoms with van der Waals surface area (Å²) in [5, 5.41) is 6.39. The number of methoxy groups -OCH3 is 3. The van der Waals surface area contributed by atoms with Crippen molar-refractivity contribution in [3.8, 4) is 28.5 Å². The van der Waals surface area contributed by atoms with Crippen LogP contribution in [0.1, 0.15) is 48.4 Å². The van der Waals surface area contributed by atoms with E-state index in [2.05, 4.69) is 27.9 Å². The maximum Gasteiger partial charge on any atom is 0.262 e. The average molecular weight is 611 g/mol. The number of aryl methyl sites for hydroxylation is 1. The average Bonchev–Trinajstić information content (AvgIpc) is 3.71. The molecule has 7 rings (SSSR count). The second-order valence-corrected chi connectivity index (χ2v) is 11.9. The van der Waals surface area contributed by atoms with Crippen molar-refractivity contribution in [1.82, 2.24) is 19.3 Å². The smallest absolute Gasteiger partial charge is 0.262 e. The minimum absolute atomic E-state index is 0.103. The largest absolute Gasteiger partial charge is 0.497 e. The maximum absolute atomic E-state index is 14.4. The van der Waals surface area contributed by atoms with Gasteiger partial charge in [0.1, 0.15) is 11.5 Å². The fourth-order valence-corrected chi connectivity index (χ4v) is 7.18. The van der Waals surface area contributed by atoms with Gasteiger partial charge < -0.3 is 28.3 Å². The van der Waals surface area contributed by atoms with Crippen LogP contribution in [0.3, 0.4) is 0 Å². The lowest BCUT2D eigenvalue weighted by Crippen LogP contribution is -2.36. The van der Waals surface area contributed by atoms with Gasteiger partial charge in [-0.1, -0.05) is 12.1 Å². The summed E-state index contributed by atoms with van der Waals surface area (Å²) in [7, 11) is 4.88. The third-order valence-corrected chi connectivity index (χ3v) is 9.46. The first kappa shape index (κ1) is 29.3. The summed E-state index contributed by atoms with van der Waals surface area (Å²) in [6, 6.07) is 12.1. The van der Waals surface area contributed by atoms with Crippen LogP contribution in [0.5, 0.6) is 17.4 Å². The zero-order valence-electron chi connectivity index (χ0n) is 26.4. The van der Waals surface area contributed by atoms with E-state index in [1.807, 2.05) is 42.8 Å². The zero-order valence-corrected chi connectivity index (χ0v) is 26.4. The Balaban J connectivity index is 1.42. The summed E-state index contributed by atoms with van der Waals surface area (Å²) in [5.74, 6) is 1.45. The Bertz CT molecular complexity index is 1960. The Morgan fingerprint density at radius 3 is 2.42 bits per heavy atom. The number of ether oxygens (including phenoxy) is 5. The first-order valence-electron chi connectivity index (χ1n) is 15.4. The first-order chi connectivity index (χ1) is 21.9. The van der Waals surface area contributed by atoms with Gasteiger partial charge in [-0.3, -0.25) is 9.48 Å². The molecule has 2 fully saturated rings. The molecule has 0 N–H and O–H groups in total. The Morgan fingerprint density at radius 1 is 0.933 bits per heavy atom. The summed E-state index contributed by atoms with van der Waals surface area (Å²) in [6.07, 6.45) is 6.87. The number of rotatable bonds is 7. The number of hydrogen-bond donors (Lipinski definition) is 0. The second kappa shape index (κ2) is 11.5. The molecule has 0 amide bonds. The normalized spacial score (nSPS) is 16.6. The number of nitrogens with zero attached hydrogens (tertiary/aromatic N) is 4. The predicted octanol–water partition coefficient (Wildman–Crippen LogP) is 5.96. The Hall–Kier alpha value is -4.41. The summed E-state index contributed by atoms with van der Waals surface area (Å²) >= 11 is 0. The van der Waals surface area contributed by atoms with E-state index in [0.29, 0.717) is 42.5 Å². The Morgan fingerprint density at radius 2 is 1.71 bits per heavy atom. The van der Waals surface area contributed by atoms with Gasteiger partial charge >= 0.3 is 0 Å². The topological polar surface area (TPSA) is 98.9 Å². The summed E-state index contributed by atoms with van der Waals surface area (Å²) in [5.41, 5.74) is 6.42. The van der Waals surface area contributed by atoms with E-state index in [1.165, 1.54) is 0 Å². The van der Waals surface area contributed by atoms with Crippen molar-refractivity contribution in [2.45, 2.75) is 57.9 Å². The highest BCUT2D eigenvalue weighted by atomic mass is 16.7. The van der Waals surface area contributed by atoms with Crippen molar-refractivity contribution in [3.05, 3.63) is 75.8 Å². The molecule has 1 saturated carbocycles. The van der Waals surface area contributed by atoms with Crippen LogP contribution in [0.15, 0.2) is 53.6 Å². The molecule has 4 heterocycles. The minimum Gasteiger partial charge on any atom is -0.497 e. The highest BCUT2D eigenvalue weighted by molar-refractivity contribution is 6.05. The van der Waals surface area contributed by atoms with E-state index in [-0.39, 0.29) is 11.6 Å². The molecule has 2 aromatic carbocycles. The molecule has 45 heavy (non-hydrogen) atoms. The van der Waals surface area contributed by atoms with Crippen molar-refractivity contribution in [2.24, 2.45) is 0 Å². The molecule has 0 radical (unpaired) electrons. The molecular weight excluding hydrogens is 572 g/mol. The monoisotopic (exact) mass is 610 g/mol. The SMILES string of the molecule is COc1ccc(Cn2c(=O)c3cnn(C4CCC5(CC4)OCCO5)c3c3ccc(-c4c(C)cnc(OC)c4C)cc32)c(OC)c1. The number of pyridine rings is 2. The zero-order chi connectivity index (χ0) is 31.3. The van der Waals surface area contributed by atoms with E-state index >= 15 is 0 Å². The molecule has 10 heteroatoms. The van der Waals surface area contributed by atoms with Gasteiger partial charge in [0.15, 0.2) is 5.79 Å². The second-order valence-electron chi connectivity index (χ2n) is 11.9. The molecule has 10 nitrogen and oxygen atoms in total. The number of aromatic nitrogens is 4. The fourth-order valence-electron chi connectivity index (χ4n) is 7.18. The number of benzene rings is 2. The standard InChI is InChI=1S/C35H38N4O6/c1-21-18-36-33(43-5)22(2)31(21)23-7-9-27-29(16-23)38(20-24-6-8-26(41-3)17-30(24)42-4)34(40)28-19-37-39(32(27)28)25-10-12-35(13-11-25)44-14-15-45-35/h6-9,16-19,25H,10-15,20H2,1-5H3. The molecule has 1 aliphatic heterocycles. The summed E-state index contributed by atoms with van der Waals surface area (Å²) in [6.45, 7) is 5.65. The molecule has 1 aliphatic carbocycles. The van der Waals surface area contributed by atoms with Crippen molar-refractivity contribution in [3.63, 3.8) is 0 Å². The minimum atomic E-state index is -0.470. The van der Waals surface area contributed by atoms with Gasteiger partial charge in [-0.2, -0.15) is 5.10 Å². The molecule has 0 unspecified atom stereocenters. The highest BCUT2D eigenvalue weighted by Crippen LogP contribution is 2.42. The van der Waals surface area contributed by atoms with Crippen LogP contribution in [-0.2, 0) is 16.0 Å². The quantitative estimate of drug-likeness (QED) is 0.223. The molecule has 5 aromatic rings. The lowest BCUT2D eigenvalue weighted by atomic mass is 9.90. The maximum atomic E-state index is 14.4. The molecule has 0 atom stereocenters. The van der Waals surface area contributed by atoms with Crippen LogP contribution in [0, 0.1) is 13.8 Å². The van der Waals surface area contributed by atoms with E-state index in [0.717, 1.165) is 69.9 Å². The number of hydrogen-bond acceptors (Lipinski definition) is 8. The Kier molecular flexibility index (Phi) is 7.49. The van der Waals surface area contributed by atoms with E-state index < -0.39 is 5.79 Å². The van der Waals surface area contributed by atoms with Gasteiger partial charge in [-0.05, 0) is 61.6 Å². The van der Waals surface area contributed by atoms with Gasteiger partial charge in [-0.15, -0.1) is 0 Å². The van der Waals surface area contributed by atoms with Crippen molar-refractivity contribution in [1.29, 1.82) is 0 Å². The van der Waals surface area contributed by atoms with Crippen LogP contribution < -0.4 is 19.8 Å². The molecule has 0 bridgehead atoms. The van der Waals surface area contributed by atoms with Gasteiger partial charge in [0.2, 0.25) is 5.88 Å². The van der Waals surface area contributed by atoms with Crippen LogP contribution in [0.2, 0.25) is 0 Å². The van der Waals surface area contributed by atoms with Crippen LogP contribution >= 0.6 is 0 Å².